The molecule has 6 nitrogen and oxygen atoms in total. The van der Waals surface area contributed by atoms with E-state index in [1.807, 2.05) is 13.0 Å². The number of aliphatic imine (C=N–C) groups is 1. The molecule has 0 atom stereocenters. The number of amides is 1. The molecule has 0 heterocycles. The van der Waals surface area contributed by atoms with Crippen LogP contribution in [0.5, 0.6) is 0 Å². The van der Waals surface area contributed by atoms with Gasteiger partial charge in [0.2, 0.25) is 0 Å². The molecule has 180 valence electrons. The summed E-state index contributed by atoms with van der Waals surface area (Å²) in [4.78, 5) is 28.9. The molecule has 32 heavy (non-hydrogen) atoms. The van der Waals surface area contributed by atoms with E-state index >= 15 is 0 Å². The van der Waals surface area contributed by atoms with Crippen LogP contribution in [0.1, 0.15) is 102 Å². The molecule has 1 rings (SSSR count). The summed E-state index contributed by atoms with van der Waals surface area (Å²) in [7, 11) is 0. The summed E-state index contributed by atoms with van der Waals surface area (Å²) in [5.74, 6) is -0.309. The van der Waals surface area contributed by atoms with Gasteiger partial charge in [0, 0.05) is 6.54 Å². The summed E-state index contributed by atoms with van der Waals surface area (Å²) in [6, 6.07) is 7.10. The van der Waals surface area contributed by atoms with E-state index in [0.717, 1.165) is 12.8 Å². The first-order chi connectivity index (χ1) is 15.6. The van der Waals surface area contributed by atoms with Crippen LogP contribution in [0.25, 0.3) is 0 Å². The fourth-order valence-corrected chi connectivity index (χ4v) is 3.43. The maximum Gasteiger partial charge on any atom is 0.315 e. The molecular formula is C26H42N2O4. The third-order valence-electron chi connectivity index (χ3n) is 5.12. The first-order valence-corrected chi connectivity index (χ1v) is 12.4. The van der Waals surface area contributed by atoms with Crippen molar-refractivity contribution in [3.8, 4) is 0 Å². The maximum atomic E-state index is 12.7. The fourth-order valence-electron chi connectivity index (χ4n) is 3.43. The van der Waals surface area contributed by atoms with Crippen molar-refractivity contribution in [3.63, 3.8) is 0 Å². The average molecular weight is 447 g/mol. The Morgan fingerprint density at radius 2 is 1.41 bits per heavy atom. The predicted molar refractivity (Wildman–Crippen MR) is 131 cm³/mol. The molecule has 1 amide bonds. The predicted octanol–water partition coefficient (Wildman–Crippen LogP) is 6.36. The second kappa shape index (κ2) is 18.2. The van der Waals surface area contributed by atoms with Gasteiger partial charge in [-0.1, -0.05) is 76.8 Å². The third kappa shape index (κ3) is 12.5. The van der Waals surface area contributed by atoms with E-state index in [-0.39, 0.29) is 18.2 Å². The molecule has 0 aliphatic carbocycles. The average Bonchev–Trinajstić information content (AvgIpc) is 2.78. The van der Waals surface area contributed by atoms with E-state index in [2.05, 4.69) is 17.2 Å². The highest BCUT2D eigenvalue weighted by molar-refractivity contribution is 6.01. The molecule has 1 aromatic carbocycles. The Hall–Kier alpha value is -2.37. The summed E-state index contributed by atoms with van der Waals surface area (Å²) in [6.45, 7) is 7.15. The van der Waals surface area contributed by atoms with Crippen LogP contribution in [0.2, 0.25) is 0 Å². The molecule has 0 saturated carbocycles. The van der Waals surface area contributed by atoms with Gasteiger partial charge < -0.3 is 14.8 Å². The van der Waals surface area contributed by atoms with E-state index in [1.165, 1.54) is 51.4 Å². The minimum absolute atomic E-state index is 0.0593. The van der Waals surface area contributed by atoms with Crippen molar-refractivity contribution in [2.24, 2.45) is 4.99 Å². The van der Waals surface area contributed by atoms with Gasteiger partial charge in [-0.25, -0.2) is 4.99 Å². The number of para-hydroxylation sites is 1. The Bertz CT molecular complexity index is 688. The number of hydrogen-bond donors (Lipinski definition) is 1. The molecule has 0 bridgehead atoms. The second-order valence-corrected chi connectivity index (χ2v) is 7.88. The first-order valence-electron chi connectivity index (χ1n) is 12.4. The number of nitrogens with zero attached hydrogens (tertiary/aromatic N) is 1. The van der Waals surface area contributed by atoms with Crippen molar-refractivity contribution in [3.05, 3.63) is 29.8 Å². The van der Waals surface area contributed by atoms with Gasteiger partial charge in [0.15, 0.2) is 5.90 Å². The lowest BCUT2D eigenvalue weighted by Gasteiger charge is -2.10. The fraction of sp³-hybridized carbons (Fsp3) is 0.654. The lowest BCUT2D eigenvalue weighted by molar-refractivity contribution is -0.141. The smallest absolute Gasteiger partial charge is 0.315 e. The molecular weight excluding hydrogens is 404 g/mol. The summed E-state index contributed by atoms with van der Waals surface area (Å²) < 4.78 is 10.5. The lowest BCUT2D eigenvalue weighted by Crippen LogP contribution is -2.24. The zero-order chi connectivity index (χ0) is 23.4. The van der Waals surface area contributed by atoms with E-state index in [0.29, 0.717) is 31.0 Å². The standard InChI is InChI=1S/C26H42N2O4/c1-4-7-8-9-10-11-12-13-14-17-20-27-26(30)22-18-15-16-19-23(22)28-24(31-5-2)21-25(29)32-6-3/h15-16,18-19H,4-14,17,20-21H2,1-3H3,(H,27,30)/b28-24+. The van der Waals surface area contributed by atoms with Crippen LogP contribution < -0.4 is 5.32 Å². The number of nitrogens with one attached hydrogen (secondary N) is 1. The highest BCUT2D eigenvalue weighted by atomic mass is 16.5. The Labute approximate surface area is 194 Å². The van der Waals surface area contributed by atoms with Crippen molar-refractivity contribution in [2.75, 3.05) is 19.8 Å². The van der Waals surface area contributed by atoms with Gasteiger partial charge in [-0.3, -0.25) is 9.59 Å². The van der Waals surface area contributed by atoms with Crippen LogP contribution in [0.4, 0.5) is 5.69 Å². The molecule has 0 radical (unpaired) electrons. The SMILES string of the molecule is CCCCCCCCCCCCNC(=O)c1ccccc1/N=C(\CC(=O)OCC)OCC. The molecule has 0 aliphatic rings. The maximum absolute atomic E-state index is 12.7. The van der Waals surface area contributed by atoms with Gasteiger partial charge in [-0.05, 0) is 32.4 Å². The van der Waals surface area contributed by atoms with Crippen molar-refractivity contribution in [1.29, 1.82) is 0 Å². The van der Waals surface area contributed by atoms with Crippen LogP contribution in [-0.4, -0.2) is 37.5 Å². The van der Waals surface area contributed by atoms with Crippen LogP contribution in [0.15, 0.2) is 29.3 Å². The quantitative estimate of drug-likeness (QED) is 0.131. The zero-order valence-electron chi connectivity index (χ0n) is 20.3. The second-order valence-electron chi connectivity index (χ2n) is 7.88. The molecule has 0 spiro atoms. The number of benzene rings is 1. The number of unbranched alkanes of at least 4 members (excludes halogenated alkanes) is 9. The Balaban J connectivity index is 2.46. The van der Waals surface area contributed by atoms with Gasteiger partial charge in [-0.2, -0.15) is 0 Å². The van der Waals surface area contributed by atoms with Gasteiger partial charge >= 0.3 is 5.97 Å². The highest BCUT2D eigenvalue weighted by Gasteiger charge is 2.14. The summed E-state index contributed by atoms with van der Waals surface area (Å²) in [5, 5.41) is 2.99. The van der Waals surface area contributed by atoms with Crippen LogP contribution in [0.3, 0.4) is 0 Å². The van der Waals surface area contributed by atoms with E-state index in [4.69, 9.17) is 9.47 Å². The monoisotopic (exact) mass is 446 g/mol. The molecule has 0 saturated heterocycles. The van der Waals surface area contributed by atoms with Crippen LogP contribution in [-0.2, 0) is 14.3 Å². The molecule has 0 aliphatic heterocycles. The minimum atomic E-state index is -0.400. The molecule has 6 heteroatoms. The number of hydrogen-bond acceptors (Lipinski definition) is 5. The van der Waals surface area contributed by atoms with E-state index in [1.54, 1.807) is 25.1 Å². The lowest BCUT2D eigenvalue weighted by atomic mass is 10.1. The number of carbonyl (C=O) groups is 2. The van der Waals surface area contributed by atoms with Gasteiger partial charge in [0.1, 0.15) is 6.42 Å². The zero-order valence-corrected chi connectivity index (χ0v) is 20.3. The number of ether oxygens (including phenoxy) is 2. The highest BCUT2D eigenvalue weighted by Crippen LogP contribution is 2.20. The van der Waals surface area contributed by atoms with Crippen molar-refractivity contribution in [2.45, 2.75) is 91.4 Å². The third-order valence-corrected chi connectivity index (χ3v) is 5.12. The van der Waals surface area contributed by atoms with Gasteiger partial charge in [0.05, 0.1) is 24.5 Å². The van der Waals surface area contributed by atoms with Crippen LogP contribution in [0, 0.1) is 0 Å². The van der Waals surface area contributed by atoms with Crippen LogP contribution >= 0.6 is 0 Å². The van der Waals surface area contributed by atoms with Gasteiger partial charge in [-0.15, -0.1) is 0 Å². The van der Waals surface area contributed by atoms with E-state index < -0.39 is 5.97 Å². The molecule has 0 fully saturated rings. The molecule has 1 N–H and O–H groups in total. The Kier molecular flexibility index (Phi) is 15.8. The largest absolute Gasteiger partial charge is 0.481 e. The summed E-state index contributed by atoms with van der Waals surface area (Å²) in [5.41, 5.74) is 0.960. The molecule has 0 aromatic heterocycles. The summed E-state index contributed by atoms with van der Waals surface area (Å²) in [6.07, 6.45) is 12.6. The summed E-state index contributed by atoms with van der Waals surface area (Å²) >= 11 is 0. The van der Waals surface area contributed by atoms with Gasteiger partial charge in [0.25, 0.3) is 5.91 Å². The normalized spacial score (nSPS) is 11.3. The Morgan fingerprint density at radius 1 is 0.812 bits per heavy atom. The minimum Gasteiger partial charge on any atom is -0.481 e. The number of carbonyl (C=O) groups excluding carboxylic acids is 2. The van der Waals surface area contributed by atoms with Crippen molar-refractivity contribution < 1.29 is 19.1 Å². The van der Waals surface area contributed by atoms with Crippen molar-refractivity contribution in [1.82, 2.24) is 5.32 Å². The first kappa shape index (κ1) is 27.7. The topological polar surface area (TPSA) is 77.0 Å². The van der Waals surface area contributed by atoms with Crippen molar-refractivity contribution >= 4 is 23.5 Å². The Morgan fingerprint density at radius 3 is 2.03 bits per heavy atom. The van der Waals surface area contributed by atoms with E-state index in [9.17, 15) is 9.59 Å². The number of esters is 1. The molecule has 1 aromatic rings. The number of rotatable bonds is 17. The molecule has 0 unspecified atom stereocenters.